The van der Waals surface area contributed by atoms with E-state index in [1.807, 2.05) is 0 Å². The summed E-state index contributed by atoms with van der Waals surface area (Å²) in [6, 6.07) is 0. The van der Waals surface area contributed by atoms with E-state index in [4.69, 9.17) is 27.2 Å². The van der Waals surface area contributed by atoms with Crippen molar-refractivity contribution in [2.45, 2.75) is 109 Å². The van der Waals surface area contributed by atoms with Crippen LogP contribution in [0, 0.1) is 0 Å². The molecule has 0 aromatic carbocycles. The highest BCUT2D eigenvalue weighted by Gasteiger charge is 2.62. The first-order valence-electron chi connectivity index (χ1n) is 10.8. The van der Waals surface area contributed by atoms with Gasteiger partial charge in [-0.05, 0) is 22.2 Å². The monoisotopic (exact) mass is 448 g/mol. The molecular formula is C20H40O7Si2. The zero-order valence-corrected chi connectivity index (χ0v) is 21.7. The number of methoxy groups -OCH3 is 1. The second kappa shape index (κ2) is 9.46. The van der Waals surface area contributed by atoms with Crippen molar-refractivity contribution in [3.63, 3.8) is 0 Å². The molecule has 2 saturated heterocycles. The van der Waals surface area contributed by atoms with Crippen LogP contribution in [0.3, 0.4) is 0 Å². The summed E-state index contributed by atoms with van der Waals surface area (Å²) in [6.07, 6.45) is -2.18. The van der Waals surface area contributed by atoms with Gasteiger partial charge in [0.1, 0.15) is 12.2 Å². The minimum Gasteiger partial charge on any atom is -0.454 e. The lowest BCUT2D eigenvalue weighted by molar-refractivity contribution is -0.178. The molecule has 2 rings (SSSR count). The number of rotatable bonds is 6. The number of carbonyl (C=O) groups excluding carboxylic acids is 1. The van der Waals surface area contributed by atoms with Gasteiger partial charge in [0.15, 0.2) is 12.4 Å². The quantitative estimate of drug-likeness (QED) is 0.444. The van der Waals surface area contributed by atoms with Crippen molar-refractivity contribution >= 4 is 23.1 Å². The van der Waals surface area contributed by atoms with Gasteiger partial charge in [-0.25, -0.2) is 0 Å². The Morgan fingerprint density at radius 2 is 1.45 bits per heavy atom. The zero-order chi connectivity index (χ0) is 22.1. The number of carbonyl (C=O) groups is 1. The van der Waals surface area contributed by atoms with Gasteiger partial charge >= 0.3 is 23.1 Å². The predicted octanol–water partition coefficient (Wildman–Crippen LogP) is 4.25. The fraction of sp³-hybridized carbons (Fsp3) is 0.950. The molecule has 0 aromatic heterocycles. The van der Waals surface area contributed by atoms with Crippen LogP contribution in [0.1, 0.15) is 62.3 Å². The van der Waals surface area contributed by atoms with Crippen molar-refractivity contribution < 1.29 is 32.0 Å². The summed E-state index contributed by atoms with van der Waals surface area (Å²) in [5.41, 5.74) is 0.898. The highest BCUT2D eigenvalue weighted by atomic mass is 28.5. The lowest BCUT2D eigenvalue weighted by Gasteiger charge is -2.51. The maximum Gasteiger partial charge on any atom is 0.335 e. The van der Waals surface area contributed by atoms with E-state index >= 15 is 0 Å². The molecule has 0 spiro atoms. The summed E-state index contributed by atoms with van der Waals surface area (Å²) in [6.45, 7) is 19.1. The lowest BCUT2D eigenvalue weighted by atomic mass is 10.1. The van der Waals surface area contributed by atoms with E-state index < -0.39 is 35.6 Å². The third-order valence-electron chi connectivity index (χ3n) is 6.13. The van der Waals surface area contributed by atoms with Crippen molar-refractivity contribution in [3.05, 3.63) is 0 Å². The summed E-state index contributed by atoms with van der Waals surface area (Å²) in [5.74, 6) is -0.386. The normalized spacial score (nSPS) is 31.8. The molecule has 2 aliphatic rings. The molecule has 0 aromatic rings. The molecule has 4 atom stereocenters. The number of fused-ring (bicyclic) bond motifs is 1. The Morgan fingerprint density at radius 3 is 1.86 bits per heavy atom. The number of hydrogen-bond donors (Lipinski definition) is 0. The molecule has 0 radical (unpaired) electrons. The van der Waals surface area contributed by atoms with Gasteiger partial charge in [-0.15, -0.1) is 0 Å². The van der Waals surface area contributed by atoms with Crippen LogP contribution >= 0.6 is 0 Å². The summed E-state index contributed by atoms with van der Waals surface area (Å²) in [4.78, 5) is 11.8. The average molecular weight is 449 g/mol. The molecule has 0 bridgehead atoms. The molecule has 170 valence electrons. The van der Waals surface area contributed by atoms with Crippen LogP contribution in [0.2, 0.25) is 22.2 Å². The third-order valence-corrected chi connectivity index (χ3v) is 16.4. The van der Waals surface area contributed by atoms with E-state index in [2.05, 4.69) is 55.4 Å². The van der Waals surface area contributed by atoms with Crippen molar-refractivity contribution in [3.8, 4) is 0 Å². The number of hydrogen-bond acceptors (Lipinski definition) is 7. The van der Waals surface area contributed by atoms with E-state index in [0.29, 0.717) is 6.61 Å². The third kappa shape index (κ3) is 4.66. The van der Waals surface area contributed by atoms with Crippen LogP contribution in [0.4, 0.5) is 0 Å². The van der Waals surface area contributed by atoms with Gasteiger partial charge in [0.2, 0.25) is 0 Å². The highest BCUT2D eigenvalue weighted by Crippen LogP contribution is 2.47. The van der Waals surface area contributed by atoms with Crippen molar-refractivity contribution in [2.75, 3.05) is 13.7 Å². The summed E-state index contributed by atoms with van der Waals surface area (Å²) >= 11 is 0. The molecule has 29 heavy (non-hydrogen) atoms. The maximum atomic E-state index is 11.8. The zero-order valence-electron chi connectivity index (χ0n) is 19.7. The summed E-state index contributed by atoms with van der Waals surface area (Å²) < 4.78 is 37.9. The molecule has 2 aliphatic heterocycles. The molecule has 9 heteroatoms. The molecule has 0 saturated carbocycles. The molecular weight excluding hydrogens is 408 g/mol. The Labute approximate surface area is 178 Å². The van der Waals surface area contributed by atoms with Crippen LogP contribution in [-0.2, 0) is 32.0 Å². The van der Waals surface area contributed by atoms with Gasteiger partial charge in [0.25, 0.3) is 0 Å². The van der Waals surface area contributed by atoms with Crippen molar-refractivity contribution in [1.29, 1.82) is 0 Å². The average Bonchev–Trinajstić information content (AvgIpc) is 2.89. The molecule has 0 N–H and O–H groups in total. The second-order valence-corrected chi connectivity index (χ2v) is 18.3. The Kier molecular flexibility index (Phi) is 8.14. The van der Waals surface area contributed by atoms with Crippen LogP contribution in [-0.4, -0.2) is 61.4 Å². The Bertz CT molecular complexity index is 551. The van der Waals surface area contributed by atoms with Gasteiger partial charge < -0.3 is 27.2 Å². The fourth-order valence-corrected chi connectivity index (χ4v) is 15.8. The van der Waals surface area contributed by atoms with Gasteiger partial charge in [0.05, 0.1) is 6.61 Å². The highest BCUT2D eigenvalue weighted by molar-refractivity contribution is 6.83. The second-order valence-electron chi connectivity index (χ2n) is 9.41. The largest absolute Gasteiger partial charge is 0.454 e. The van der Waals surface area contributed by atoms with E-state index in [-0.39, 0.29) is 34.2 Å². The van der Waals surface area contributed by atoms with Crippen molar-refractivity contribution in [1.82, 2.24) is 0 Å². The summed E-state index contributed by atoms with van der Waals surface area (Å²) in [5, 5.41) is 0. The maximum absolute atomic E-state index is 11.8. The fourth-order valence-electron chi connectivity index (χ4n) is 4.61. The molecule has 0 aliphatic carbocycles. The van der Waals surface area contributed by atoms with Crippen LogP contribution in [0.15, 0.2) is 0 Å². The predicted molar refractivity (Wildman–Crippen MR) is 115 cm³/mol. The van der Waals surface area contributed by atoms with Crippen molar-refractivity contribution in [2.24, 2.45) is 0 Å². The topological polar surface area (TPSA) is 72.5 Å². The smallest absolute Gasteiger partial charge is 0.335 e. The van der Waals surface area contributed by atoms with E-state index in [1.54, 1.807) is 7.11 Å². The summed E-state index contributed by atoms with van der Waals surface area (Å²) in [7, 11) is -3.86. The van der Waals surface area contributed by atoms with E-state index in [9.17, 15) is 4.79 Å². The molecule has 1 unspecified atom stereocenters. The molecule has 2 fully saturated rings. The molecule has 0 amide bonds. The Morgan fingerprint density at radius 1 is 0.931 bits per heavy atom. The van der Waals surface area contributed by atoms with Gasteiger partial charge in [-0.1, -0.05) is 55.4 Å². The lowest BCUT2D eigenvalue weighted by Crippen LogP contribution is -2.66. The van der Waals surface area contributed by atoms with Crippen LogP contribution < -0.4 is 0 Å². The standard InChI is InChI=1S/C20H40O7Si2/c1-12(2)28(13(3)4)23-11-17-18(19(24-16(9)21)20(22-10)25-17)26-29(27-28,14(5)6)15(7)8/h12-15,17-20H,11H2,1-10H3/t17-,18-,19+,20?/m0/s1. The minimum atomic E-state index is -2.79. The van der Waals surface area contributed by atoms with Gasteiger partial charge in [-0.2, -0.15) is 0 Å². The van der Waals surface area contributed by atoms with Gasteiger partial charge in [-0.3, -0.25) is 4.79 Å². The Hall–Kier alpha value is -0.296. The first-order chi connectivity index (χ1) is 13.4. The molecule has 2 heterocycles. The van der Waals surface area contributed by atoms with Crippen LogP contribution in [0.5, 0.6) is 0 Å². The first-order valence-corrected chi connectivity index (χ1v) is 14.7. The minimum absolute atomic E-state index is 0.189. The first kappa shape index (κ1) is 25.0. The van der Waals surface area contributed by atoms with E-state index in [1.165, 1.54) is 6.92 Å². The van der Waals surface area contributed by atoms with Crippen LogP contribution in [0.25, 0.3) is 0 Å². The number of ether oxygens (including phenoxy) is 3. The van der Waals surface area contributed by atoms with E-state index in [0.717, 1.165) is 0 Å². The SMILES string of the molecule is COC1O[C@H]2CO[Si](C(C)C)(C(C)C)O[Si](C(C)C)(C(C)C)O[C@@H]2[C@H]1OC(C)=O. The van der Waals surface area contributed by atoms with Gasteiger partial charge in [0, 0.05) is 14.0 Å². The Balaban J connectivity index is 2.56. The molecule has 7 nitrogen and oxygen atoms in total. The number of esters is 1.